The Kier molecular flexibility index (Phi) is 8.95. The molecule has 0 aliphatic carbocycles. The summed E-state index contributed by atoms with van der Waals surface area (Å²) in [6.07, 6.45) is -0.465. The number of carboxylic acids is 1. The number of hydrogen-bond acceptors (Lipinski definition) is 3. The first kappa shape index (κ1) is 25.8. The zero-order valence-electron chi connectivity index (χ0n) is 18.0. The van der Waals surface area contributed by atoms with Crippen LogP contribution in [0.1, 0.15) is 31.0 Å². The SMILES string of the molecule is CCCCc1c(-c2ccccc2OC)ncn1Cc1cc(F)cc(F)c1.O=C(O)C(F)(F)F. The lowest BCUT2D eigenvalue weighted by molar-refractivity contribution is -0.192. The maximum atomic E-state index is 13.5. The fourth-order valence-corrected chi connectivity index (χ4v) is 3.11. The van der Waals surface area contributed by atoms with Crippen LogP contribution in [0.2, 0.25) is 0 Å². The first-order chi connectivity index (χ1) is 15.6. The second-order valence-electron chi connectivity index (χ2n) is 7.05. The summed E-state index contributed by atoms with van der Waals surface area (Å²) < 4.78 is 66.2. The lowest BCUT2D eigenvalue weighted by Crippen LogP contribution is -2.21. The Morgan fingerprint density at radius 1 is 1.12 bits per heavy atom. The third-order valence-corrected chi connectivity index (χ3v) is 4.59. The molecule has 178 valence electrons. The minimum absolute atomic E-state index is 0.371. The number of para-hydroxylation sites is 1. The Morgan fingerprint density at radius 2 is 1.73 bits per heavy atom. The summed E-state index contributed by atoms with van der Waals surface area (Å²) in [5.74, 6) is -3.14. The van der Waals surface area contributed by atoms with Crippen molar-refractivity contribution in [1.29, 1.82) is 0 Å². The monoisotopic (exact) mass is 470 g/mol. The molecule has 0 fully saturated rings. The average molecular weight is 470 g/mol. The van der Waals surface area contributed by atoms with E-state index < -0.39 is 23.8 Å². The van der Waals surface area contributed by atoms with E-state index in [-0.39, 0.29) is 0 Å². The summed E-state index contributed by atoms with van der Waals surface area (Å²) in [6, 6.07) is 11.3. The number of hydrogen-bond donors (Lipinski definition) is 1. The second kappa shape index (κ2) is 11.4. The van der Waals surface area contributed by atoms with Gasteiger partial charge in [-0.1, -0.05) is 25.5 Å². The third-order valence-electron chi connectivity index (χ3n) is 4.59. The number of nitrogens with zero attached hydrogens (tertiary/aromatic N) is 2. The van der Waals surface area contributed by atoms with Gasteiger partial charge in [-0.05, 0) is 42.7 Å². The number of unbranched alkanes of at least 4 members (excludes halogenated alkanes) is 1. The van der Waals surface area contributed by atoms with Gasteiger partial charge in [0.25, 0.3) is 0 Å². The van der Waals surface area contributed by atoms with E-state index in [4.69, 9.17) is 14.6 Å². The molecular formula is C23H23F5N2O3. The lowest BCUT2D eigenvalue weighted by atomic mass is 10.1. The van der Waals surface area contributed by atoms with Crippen molar-refractivity contribution in [2.24, 2.45) is 0 Å². The fourth-order valence-electron chi connectivity index (χ4n) is 3.11. The van der Waals surface area contributed by atoms with E-state index >= 15 is 0 Å². The molecule has 0 radical (unpaired) electrons. The molecule has 2 aromatic carbocycles. The standard InChI is InChI=1S/C21H22F2N2O.C2HF3O2/c1-3-4-8-19-21(18-7-5-6-9-20(18)26-2)24-14-25(19)13-15-10-16(22)12-17(23)11-15;3-2(4,5)1(6)7/h5-7,9-12,14H,3-4,8,13H2,1-2H3;(H,6,7). The zero-order chi connectivity index (χ0) is 24.6. The van der Waals surface area contributed by atoms with Gasteiger partial charge in [-0.15, -0.1) is 0 Å². The van der Waals surface area contributed by atoms with Crippen LogP contribution in [-0.4, -0.2) is 33.9 Å². The molecule has 0 saturated carbocycles. The molecule has 0 amide bonds. The topological polar surface area (TPSA) is 64.4 Å². The van der Waals surface area contributed by atoms with E-state index in [1.54, 1.807) is 13.4 Å². The van der Waals surface area contributed by atoms with E-state index in [0.29, 0.717) is 12.1 Å². The van der Waals surface area contributed by atoms with Crippen molar-refractivity contribution in [1.82, 2.24) is 9.55 Å². The first-order valence-corrected chi connectivity index (χ1v) is 9.99. The van der Waals surface area contributed by atoms with E-state index in [9.17, 15) is 22.0 Å². The molecule has 0 spiro atoms. The van der Waals surface area contributed by atoms with Crippen LogP contribution in [0.5, 0.6) is 5.75 Å². The van der Waals surface area contributed by atoms with Crippen molar-refractivity contribution in [2.45, 2.75) is 38.9 Å². The molecular weight excluding hydrogens is 447 g/mol. The number of carbonyl (C=O) groups is 1. The van der Waals surface area contributed by atoms with E-state index in [0.717, 1.165) is 48.0 Å². The molecule has 5 nitrogen and oxygen atoms in total. The van der Waals surface area contributed by atoms with Crippen LogP contribution in [-0.2, 0) is 17.8 Å². The predicted molar refractivity (Wildman–Crippen MR) is 112 cm³/mol. The zero-order valence-corrected chi connectivity index (χ0v) is 18.0. The van der Waals surface area contributed by atoms with Gasteiger partial charge in [0.15, 0.2) is 0 Å². The summed E-state index contributed by atoms with van der Waals surface area (Å²) in [7, 11) is 1.64. The van der Waals surface area contributed by atoms with E-state index in [2.05, 4.69) is 11.9 Å². The number of aromatic nitrogens is 2. The van der Waals surface area contributed by atoms with E-state index in [1.807, 2.05) is 28.8 Å². The average Bonchev–Trinajstić information content (AvgIpc) is 3.13. The van der Waals surface area contributed by atoms with Crippen LogP contribution in [0, 0.1) is 11.6 Å². The van der Waals surface area contributed by atoms with Crippen LogP contribution in [0.15, 0.2) is 48.8 Å². The lowest BCUT2D eigenvalue weighted by Gasteiger charge is -2.12. The second-order valence-corrected chi connectivity index (χ2v) is 7.05. The molecule has 33 heavy (non-hydrogen) atoms. The molecule has 0 aliphatic rings. The largest absolute Gasteiger partial charge is 0.496 e. The summed E-state index contributed by atoms with van der Waals surface area (Å²) in [6.45, 7) is 2.50. The highest BCUT2D eigenvalue weighted by Gasteiger charge is 2.38. The van der Waals surface area contributed by atoms with Crippen LogP contribution >= 0.6 is 0 Å². The molecule has 0 saturated heterocycles. The summed E-state index contributed by atoms with van der Waals surface area (Å²) >= 11 is 0. The van der Waals surface area contributed by atoms with Gasteiger partial charge >= 0.3 is 12.1 Å². The number of benzene rings is 2. The Balaban J connectivity index is 0.000000479. The molecule has 1 N–H and O–H groups in total. The Bertz CT molecular complexity index is 1060. The Labute approximate surface area is 187 Å². The van der Waals surface area contributed by atoms with Gasteiger partial charge in [0.2, 0.25) is 0 Å². The summed E-state index contributed by atoms with van der Waals surface area (Å²) in [4.78, 5) is 13.5. The fraction of sp³-hybridized carbons (Fsp3) is 0.304. The van der Waals surface area contributed by atoms with Crippen molar-refractivity contribution in [3.05, 3.63) is 71.7 Å². The maximum absolute atomic E-state index is 13.5. The van der Waals surface area contributed by atoms with Crippen molar-refractivity contribution < 1.29 is 36.6 Å². The predicted octanol–water partition coefficient (Wildman–Crippen LogP) is 5.86. The highest BCUT2D eigenvalue weighted by atomic mass is 19.4. The van der Waals surface area contributed by atoms with Gasteiger partial charge in [0, 0.05) is 23.9 Å². The number of alkyl halides is 3. The van der Waals surface area contributed by atoms with Gasteiger partial charge in [-0.3, -0.25) is 0 Å². The normalized spacial score (nSPS) is 11.0. The highest BCUT2D eigenvalue weighted by molar-refractivity contribution is 5.73. The molecule has 0 bridgehead atoms. The Hall–Kier alpha value is -3.43. The number of rotatable bonds is 7. The van der Waals surface area contributed by atoms with Gasteiger partial charge < -0.3 is 14.4 Å². The minimum Gasteiger partial charge on any atom is -0.496 e. The Morgan fingerprint density at radius 3 is 2.27 bits per heavy atom. The molecule has 10 heteroatoms. The quantitative estimate of drug-likeness (QED) is 0.440. The van der Waals surface area contributed by atoms with Crippen molar-refractivity contribution in [2.75, 3.05) is 7.11 Å². The van der Waals surface area contributed by atoms with E-state index in [1.165, 1.54) is 12.1 Å². The van der Waals surface area contributed by atoms with Crippen molar-refractivity contribution in [3.63, 3.8) is 0 Å². The minimum atomic E-state index is -5.08. The molecule has 3 aromatic rings. The molecule has 0 aliphatic heterocycles. The van der Waals surface area contributed by atoms with Gasteiger partial charge in [0.1, 0.15) is 17.4 Å². The number of imidazole rings is 1. The highest BCUT2D eigenvalue weighted by Crippen LogP contribution is 2.32. The molecule has 3 rings (SSSR count). The van der Waals surface area contributed by atoms with Gasteiger partial charge in [0.05, 0.1) is 19.1 Å². The summed E-state index contributed by atoms with van der Waals surface area (Å²) in [5, 5.41) is 7.12. The smallest absolute Gasteiger partial charge is 0.490 e. The first-order valence-electron chi connectivity index (χ1n) is 9.99. The van der Waals surface area contributed by atoms with Crippen molar-refractivity contribution >= 4 is 5.97 Å². The molecule has 1 aromatic heterocycles. The van der Waals surface area contributed by atoms with Gasteiger partial charge in [-0.2, -0.15) is 13.2 Å². The van der Waals surface area contributed by atoms with Crippen LogP contribution in [0.4, 0.5) is 22.0 Å². The number of ether oxygens (including phenoxy) is 1. The number of aliphatic carboxylic acids is 1. The molecule has 0 unspecified atom stereocenters. The van der Waals surface area contributed by atoms with Crippen LogP contribution in [0.25, 0.3) is 11.3 Å². The molecule has 1 heterocycles. The summed E-state index contributed by atoms with van der Waals surface area (Å²) in [5.41, 5.74) is 3.39. The van der Waals surface area contributed by atoms with Crippen molar-refractivity contribution in [3.8, 4) is 17.0 Å². The van der Waals surface area contributed by atoms with Crippen LogP contribution in [0.3, 0.4) is 0 Å². The van der Waals surface area contributed by atoms with Crippen LogP contribution < -0.4 is 4.74 Å². The third kappa shape index (κ3) is 7.30. The number of halogens is 5. The van der Waals surface area contributed by atoms with Gasteiger partial charge in [-0.25, -0.2) is 18.6 Å². The molecule has 0 atom stereocenters. The maximum Gasteiger partial charge on any atom is 0.490 e. The number of carboxylic acid groups (broad SMARTS) is 1. The number of methoxy groups -OCH3 is 1.